The van der Waals surface area contributed by atoms with Gasteiger partial charge in [-0.1, -0.05) is 30.3 Å². The highest BCUT2D eigenvalue weighted by molar-refractivity contribution is 8.00. The molecule has 128 valence electrons. The molecule has 1 aromatic carbocycles. The molecule has 0 spiro atoms. The number of rotatable bonds is 7. The molecule has 0 radical (unpaired) electrons. The molecule has 0 bridgehead atoms. The molecular weight excluding hydrogens is 329 g/mol. The Kier molecular flexibility index (Phi) is 6.59. The van der Waals surface area contributed by atoms with Gasteiger partial charge in [-0.25, -0.2) is 4.79 Å². The predicted octanol–water partition coefficient (Wildman–Crippen LogP) is 3.29. The van der Waals surface area contributed by atoms with Crippen molar-refractivity contribution in [2.75, 3.05) is 12.3 Å². The van der Waals surface area contributed by atoms with Crippen molar-refractivity contribution in [2.45, 2.75) is 37.0 Å². The number of alkyl carbamates (subject to hydrolysis) is 1. The maximum Gasteiger partial charge on any atom is 0.441 e. The summed E-state index contributed by atoms with van der Waals surface area (Å²) in [6.07, 6.45) is 0.943. The fourth-order valence-corrected chi connectivity index (χ4v) is 2.71. The molecule has 0 heterocycles. The van der Waals surface area contributed by atoms with Crippen LogP contribution in [0.4, 0.5) is 18.0 Å². The molecule has 2 rings (SSSR count). The van der Waals surface area contributed by atoms with Crippen LogP contribution in [0, 0.1) is 0 Å². The largest absolute Gasteiger partial charge is 0.445 e. The number of carbonyl (C=O) groups is 1. The molecule has 1 saturated carbocycles. The van der Waals surface area contributed by atoms with Crippen molar-refractivity contribution in [3.8, 4) is 0 Å². The average molecular weight is 348 g/mol. The number of halogens is 3. The number of carbonyl (C=O) groups excluding carboxylic acids is 1. The Morgan fingerprint density at radius 1 is 1.22 bits per heavy atom. The molecule has 4 nitrogen and oxygen atoms in total. The number of hydrogen-bond acceptors (Lipinski definition) is 4. The number of ether oxygens (including phenoxy) is 1. The van der Waals surface area contributed by atoms with Crippen molar-refractivity contribution in [2.24, 2.45) is 0 Å². The van der Waals surface area contributed by atoms with E-state index in [9.17, 15) is 18.0 Å². The van der Waals surface area contributed by atoms with Gasteiger partial charge in [0.2, 0.25) is 0 Å². The van der Waals surface area contributed by atoms with Gasteiger partial charge in [0.05, 0.1) is 0 Å². The predicted molar refractivity (Wildman–Crippen MR) is 83.1 cm³/mol. The second-order valence-corrected chi connectivity index (χ2v) is 6.48. The summed E-state index contributed by atoms with van der Waals surface area (Å²) in [4.78, 5) is 11.6. The summed E-state index contributed by atoms with van der Waals surface area (Å²) in [5.41, 5.74) is -3.26. The van der Waals surface area contributed by atoms with Gasteiger partial charge in [0, 0.05) is 24.4 Å². The van der Waals surface area contributed by atoms with Gasteiger partial charge in [0.1, 0.15) is 6.61 Å². The highest BCUT2D eigenvalue weighted by Gasteiger charge is 2.31. The van der Waals surface area contributed by atoms with E-state index >= 15 is 0 Å². The lowest BCUT2D eigenvalue weighted by Gasteiger charge is -2.36. The highest BCUT2D eigenvalue weighted by atomic mass is 32.2. The van der Waals surface area contributed by atoms with Gasteiger partial charge < -0.3 is 15.4 Å². The third-order valence-corrected chi connectivity index (χ3v) is 4.21. The van der Waals surface area contributed by atoms with Crippen molar-refractivity contribution in [1.82, 2.24) is 10.6 Å². The molecule has 1 amide bonds. The van der Waals surface area contributed by atoms with Crippen LogP contribution in [-0.4, -0.2) is 36.0 Å². The Bertz CT molecular complexity index is 493. The lowest BCUT2D eigenvalue weighted by Crippen LogP contribution is -2.52. The van der Waals surface area contributed by atoms with Crippen LogP contribution in [0.5, 0.6) is 0 Å². The van der Waals surface area contributed by atoms with E-state index in [1.54, 1.807) is 0 Å². The molecule has 0 aromatic heterocycles. The smallest absolute Gasteiger partial charge is 0.441 e. The fourth-order valence-electron chi connectivity index (χ4n) is 2.26. The van der Waals surface area contributed by atoms with E-state index in [0.717, 1.165) is 5.56 Å². The summed E-state index contributed by atoms with van der Waals surface area (Å²) >= 11 is -0.0262. The SMILES string of the molecule is O=C(NC1CC(NCCSC(F)(F)F)C1)OCc1ccccc1. The quantitative estimate of drug-likeness (QED) is 0.743. The topological polar surface area (TPSA) is 50.4 Å². The number of benzene rings is 1. The molecule has 0 unspecified atom stereocenters. The van der Waals surface area contributed by atoms with Gasteiger partial charge in [-0.3, -0.25) is 0 Å². The molecule has 0 atom stereocenters. The summed E-state index contributed by atoms with van der Waals surface area (Å²) < 4.78 is 41.0. The molecule has 0 aliphatic heterocycles. The molecule has 1 aliphatic rings. The van der Waals surface area contributed by atoms with E-state index in [1.807, 2.05) is 30.3 Å². The first-order chi connectivity index (χ1) is 10.9. The minimum absolute atomic E-state index is 0.00277. The van der Waals surface area contributed by atoms with E-state index in [1.165, 1.54) is 0 Å². The van der Waals surface area contributed by atoms with Crippen LogP contribution in [0.15, 0.2) is 30.3 Å². The molecule has 0 saturated heterocycles. The first-order valence-electron chi connectivity index (χ1n) is 7.33. The van der Waals surface area contributed by atoms with Crippen molar-refractivity contribution in [1.29, 1.82) is 0 Å². The van der Waals surface area contributed by atoms with Crippen molar-refractivity contribution < 1.29 is 22.7 Å². The second kappa shape index (κ2) is 8.44. The summed E-state index contributed by atoms with van der Waals surface area (Å²) in [7, 11) is 0. The highest BCUT2D eigenvalue weighted by Crippen LogP contribution is 2.29. The van der Waals surface area contributed by atoms with E-state index in [4.69, 9.17) is 4.74 Å². The lowest BCUT2D eigenvalue weighted by molar-refractivity contribution is -0.0327. The molecule has 8 heteroatoms. The molecule has 2 N–H and O–H groups in total. The Morgan fingerprint density at radius 3 is 2.57 bits per heavy atom. The Hall–Kier alpha value is -1.41. The zero-order chi connectivity index (χ0) is 16.7. The molecule has 1 aliphatic carbocycles. The first-order valence-corrected chi connectivity index (χ1v) is 8.32. The number of amides is 1. The first kappa shape index (κ1) is 17.9. The summed E-state index contributed by atoms with van der Waals surface area (Å²) in [5.74, 6) is -0.00277. The van der Waals surface area contributed by atoms with Gasteiger partial charge in [-0.15, -0.1) is 0 Å². The Morgan fingerprint density at radius 2 is 1.91 bits per heavy atom. The Labute approximate surface area is 137 Å². The summed E-state index contributed by atoms with van der Waals surface area (Å²) in [5, 5.41) is 5.78. The second-order valence-electron chi connectivity index (χ2n) is 5.32. The van der Waals surface area contributed by atoms with Crippen LogP contribution in [0.1, 0.15) is 18.4 Å². The maximum atomic E-state index is 12.0. The van der Waals surface area contributed by atoms with Crippen molar-refractivity contribution in [3.05, 3.63) is 35.9 Å². The number of alkyl halides is 3. The normalized spacial score (nSPS) is 20.7. The van der Waals surface area contributed by atoms with Crippen molar-refractivity contribution in [3.63, 3.8) is 0 Å². The van der Waals surface area contributed by atoms with E-state index < -0.39 is 11.6 Å². The van der Waals surface area contributed by atoms with Gasteiger partial charge in [0.25, 0.3) is 0 Å². The summed E-state index contributed by atoms with van der Waals surface area (Å²) in [6, 6.07) is 9.55. The maximum absolute atomic E-state index is 12.0. The third-order valence-electron chi connectivity index (χ3n) is 3.47. The van der Waals surface area contributed by atoms with Crippen molar-refractivity contribution >= 4 is 17.9 Å². The van der Waals surface area contributed by atoms with Crippen LogP contribution in [0.3, 0.4) is 0 Å². The van der Waals surface area contributed by atoms with Crippen LogP contribution in [-0.2, 0) is 11.3 Å². The van der Waals surface area contributed by atoms with E-state index in [0.29, 0.717) is 19.4 Å². The third kappa shape index (κ3) is 7.13. The number of nitrogens with one attached hydrogen (secondary N) is 2. The lowest BCUT2D eigenvalue weighted by atomic mass is 9.87. The van der Waals surface area contributed by atoms with Crippen LogP contribution >= 0.6 is 11.8 Å². The number of hydrogen-bond donors (Lipinski definition) is 2. The van der Waals surface area contributed by atoms with E-state index in [2.05, 4.69) is 10.6 Å². The van der Waals surface area contributed by atoms with Gasteiger partial charge >= 0.3 is 11.6 Å². The van der Waals surface area contributed by atoms with Gasteiger partial charge in [0.15, 0.2) is 0 Å². The standard InChI is InChI=1S/C15H19F3N2O2S/c16-15(17,18)23-7-6-19-12-8-13(9-12)20-14(21)22-10-11-4-2-1-3-5-11/h1-5,12-13,19H,6-10H2,(H,20,21). The molecule has 23 heavy (non-hydrogen) atoms. The van der Waals surface area contributed by atoms with Crippen LogP contribution < -0.4 is 10.6 Å². The molecule has 1 aromatic rings. The van der Waals surface area contributed by atoms with Crippen LogP contribution in [0.2, 0.25) is 0 Å². The zero-order valence-electron chi connectivity index (χ0n) is 12.4. The minimum atomic E-state index is -4.17. The Balaban J connectivity index is 1.51. The summed E-state index contributed by atoms with van der Waals surface area (Å²) in [6.45, 7) is 0.524. The van der Waals surface area contributed by atoms with E-state index in [-0.39, 0.29) is 36.2 Å². The van der Waals surface area contributed by atoms with Crippen LogP contribution in [0.25, 0.3) is 0 Å². The minimum Gasteiger partial charge on any atom is -0.445 e. The van der Waals surface area contributed by atoms with Gasteiger partial charge in [-0.2, -0.15) is 13.2 Å². The average Bonchev–Trinajstić information content (AvgIpc) is 2.46. The van der Waals surface area contributed by atoms with Gasteiger partial charge in [-0.05, 0) is 30.2 Å². The monoisotopic (exact) mass is 348 g/mol. The fraction of sp³-hybridized carbons (Fsp3) is 0.533. The molecular formula is C15H19F3N2O2S. The molecule has 1 fully saturated rings. The zero-order valence-corrected chi connectivity index (χ0v) is 13.3. The number of thioether (sulfide) groups is 1.